The Morgan fingerprint density at radius 1 is 1.12 bits per heavy atom. The lowest BCUT2D eigenvalue weighted by molar-refractivity contribution is 0.581. The Labute approximate surface area is 171 Å². The van der Waals surface area contributed by atoms with E-state index in [1.165, 1.54) is 6.07 Å². The number of aromatic amines is 1. The van der Waals surface area contributed by atoms with Crippen LogP contribution in [0.1, 0.15) is 16.8 Å². The van der Waals surface area contributed by atoms with Crippen LogP contribution in [0.5, 0.6) is 0 Å². The monoisotopic (exact) mass is 474 g/mol. The second-order valence-electron chi connectivity index (χ2n) is 6.10. The Bertz CT molecular complexity index is 1090. The van der Waals surface area contributed by atoms with E-state index < -0.39 is 10.0 Å². The quantitative estimate of drug-likeness (QED) is 0.520. The topological polar surface area (TPSA) is 62.0 Å². The number of sulfonamides is 1. The molecule has 0 unspecified atom stereocenters. The Hall–Kier alpha value is -1.05. The number of aryl methyl sites for hydroxylation is 2. The summed E-state index contributed by atoms with van der Waals surface area (Å²) in [5, 5.41) is 1.64. The fourth-order valence-corrected chi connectivity index (χ4v) is 5.07. The summed E-state index contributed by atoms with van der Waals surface area (Å²) in [5.41, 5.74) is 3.71. The molecule has 0 saturated carbocycles. The van der Waals surface area contributed by atoms with Gasteiger partial charge in [0.2, 0.25) is 10.0 Å². The van der Waals surface area contributed by atoms with Gasteiger partial charge in [-0.05, 0) is 61.7 Å². The zero-order chi connectivity index (χ0) is 19.1. The number of H-pyrrole nitrogens is 1. The molecule has 0 aliphatic rings. The van der Waals surface area contributed by atoms with Crippen molar-refractivity contribution in [3.63, 3.8) is 0 Å². The summed E-state index contributed by atoms with van der Waals surface area (Å²) in [6.07, 6.45) is 0.571. The molecule has 0 aliphatic heterocycles. The molecule has 0 spiro atoms. The van der Waals surface area contributed by atoms with E-state index in [9.17, 15) is 8.42 Å². The summed E-state index contributed by atoms with van der Waals surface area (Å²) < 4.78 is 28.9. The maximum absolute atomic E-state index is 12.6. The molecule has 0 bridgehead atoms. The smallest absolute Gasteiger partial charge is 0.240 e. The van der Waals surface area contributed by atoms with Gasteiger partial charge in [0.25, 0.3) is 0 Å². The van der Waals surface area contributed by atoms with E-state index in [0.717, 1.165) is 26.6 Å². The van der Waals surface area contributed by atoms with Crippen LogP contribution in [-0.4, -0.2) is 19.9 Å². The zero-order valence-electron chi connectivity index (χ0n) is 14.2. The van der Waals surface area contributed by atoms with E-state index in [2.05, 4.69) is 25.6 Å². The lowest BCUT2D eigenvalue weighted by Gasteiger charge is -2.11. The minimum absolute atomic E-state index is 0.144. The molecule has 4 nitrogen and oxygen atoms in total. The maximum atomic E-state index is 12.6. The minimum atomic E-state index is -3.67. The molecule has 1 aromatic heterocycles. The molecule has 138 valence electrons. The first kappa shape index (κ1) is 19.7. The lowest BCUT2D eigenvalue weighted by Crippen LogP contribution is -2.26. The van der Waals surface area contributed by atoms with Crippen LogP contribution >= 0.6 is 39.1 Å². The van der Waals surface area contributed by atoms with Gasteiger partial charge in [0.05, 0.1) is 14.9 Å². The number of halogens is 3. The van der Waals surface area contributed by atoms with Crippen molar-refractivity contribution in [2.75, 3.05) is 6.54 Å². The van der Waals surface area contributed by atoms with Crippen molar-refractivity contribution in [2.45, 2.75) is 25.2 Å². The van der Waals surface area contributed by atoms with Gasteiger partial charge in [-0.3, -0.25) is 0 Å². The summed E-state index contributed by atoms with van der Waals surface area (Å²) in [7, 11) is -3.67. The largest absolute Gasteiger partial charge is 0.358 e. The first-order valence-corrected chi connectivity index (χ1v) is 10.9. The van der Waals surface area contributed by atoms with Gasteiger partial charge in [0.1, 0.15) is 0 Å². The highest BCUT2D eigenvalue weighted by atomic mass is 79.9. The number of hydrogen-bond acceptors (Lipinski definition) is 2. The Morgan fingerprint density at radius 3 is 2.54 bits per heavy atom. The number of hydrogen-bond donors (Lipinski definition) is 2. The van der Waals surface area contributed by atoms with Crippen molar-refractivity contribution in [3.8, 4) is 0 Å². The number of nitrogens with one attached hydrogen (secondary N) is 2. The summed E-state index contributed by atoms with van der Waals surface area (Å²) in [4.78, 5) is 3.47. The molecule has 3 rings (SSSR count). The van der Waals surface area contributed by atoms with E-state index in [1.807, 2.05) is 25.1 Å². The van der Waals surface area contributed by atoms with Gasteiger partial charge in [0, 0.05) is 27.6 Å². The van der Waals surface area contributed by atoms with Gasteiger partial charge < -0.3 is 4.98 Å². The minimum Gasteiger partial charge on any atom is -0.358 e. The summed E-state index contributed by atoms with van der Waals surface area (Å²) >= 11 is 15.4. The van der Waals surface area contributed by atoms with Crippen LogP contribution in [0.2, 0.25) is 10.0 Å². The molecule has 8 heteroatoms. The summed E-state index contributed by atoms with van der Waals surface area (Å²) in [5.74, 6) is 0. The van der Waals surface area contributed by atoms with Crippen LogP contribution < -0.4 is 4.72 Å². The molecule has 2 aromatic carbocycles. The molecule has 26 heavy (non-hydrogen) atoms. The highest BCUT2D eigenvalue weighted by Crippen LogP contribution is 2.28. The second-order valence-corrected chi connectivity index (χ2v) is 9.56. The van der Waals surface area contributed by atoms with Gasteiger partial charge in [-0.25, -0.2) is 13.1 Å². The van der Waals surface area contributed by atoms with Crippen LogP contribution in [0.4, 0.5) is 0 Å². The van der Waals surface area contributed by atoms with E-state index in [1.54, 1.807) is 13.0 Å². The van der Waals surface area contributed by atoms with Crippen LogP contribution in [-0.2, 0) is 16.4 Å². The van der Waals surface area contributed by atoms with E-state index >= 15 is 0 Å². The predicted octanol–water partition coefficient (Wildman–Crippen LogP) is 5.38. The Balaban J connectivity index is 1.81. The highest BCUT2D eigenvalue weighted by molar-refractivity contribution is 9.10. The molecule has 0 saturated heterocycles. The lowest BCUT2D eigenvalue weighted by atomic mass is 10.1. The van der Waals surface area contributed by atoms with Crippen molar-refractivity contribution in [2.24, 2.45) is 0 Å². The van der Waals surface area contributed by atoms with Crippen molar-refractivity contribution in [3.05, 3.63) is 61.7 Å². The molecule has 2 N–H and O–H groups in total. The third-order valence-corrected chi connectivity index (χ3v) is 7.07. The predicted molar refractivity (Wildman–Crippen MR) is 111 cm³/mol. The third-order valence-electron chi connectivity index (χ3n) is 4.26. The van der Waals surface area contributed by atoms with Crippen LogP contribution in [0, 0.1) is 13.8 Å². The van der Waals surface area contributed by atoms with Crippen LogP contribution in [0.3, 0.4) is 0 Å². The molecule has 1 heterocycles. The average Bonchev–Trinajstić information content (AvgIpc) is 2.86. The van der Waals surface area contributed by atoms with Crippen molar-refractivity contribution >= 4 is 60.1 Å². The molecular weight excluding hydrogens is 459 g/mol. The van der Waals surface area contributed by atoms with Gasteiger partial charge in [-0.1, -0.05) is 39.1 Å². The van der Waals surface area contributed by atoms with Gasteiger partial charge in [-0.15, -0.1) is 0 Å². The van der Waals surface area contributed by atoms with Crippen molar-refractivity contribution in [1.82, 2.24) is 9.71 Å². The number of benzene rings is 2. The van der Waals surface area contributed by atoms with Crippen molar-refractivity contribution in [1.29, 1.82) is 0 Å². The molecule has 0 radical (unpaired) electrons. The summed E-state index contributed by atoms with van der Waals surface area (Å²) in [6, 6.07) is 8.94. The molecule has 0 aliphatic carbocycles. The summed E-state index contributed by atoms with van der Waals surface area (Å²) in [6.45, 7) is 3.96. The fraction of sp³-hybridized carbons (Fsp3) is 0.222. The van der Waals surface area contributed by atoms with Crippen LogP contribution in [0.15, 0.2) is 39.7 Å². The molecule has 0 atom stereocenters. The van der Waals surface area contributed by atoms with Gasteiger partial charge in [0.15, 0.2) is 0 Å². The van der Waals surface area contributed by atoms with Crippen molar-refractivity contribution < 1.29 is 8.42 Å². The van der Waals surface area contributed by atoms with Crippen LogP contribution in [0.25, 0.3) is 10.9 Å². The van der Waals surface area contributed by atoms with E-state index in [-0.39, 0.29) is 16.5 Å². The number of fused-ring (bicyclic) bond motifs is 1. The maximum Gasteiger partial charge on any atom is 0.240 e. The van der Waals surface area contributed by atoms with E-state index in [0.29, 0.717) is 17.0 Å². The number of aromatic nitrogens is 1. The first-order chi connectivity index (χ1) is 12.2. The molecule has 0 fully saturated rings. The second kappa shape index (κ2) is 7.52. The Kier molecular flexibility index (Phi) is 5.70. The Morgan fingerprint density at radius 2 is 1.81 bits per heavy atom. The molecule has 3 aromatic rings. The number of rotatable bonds is 5. The average molecular weight is 476 g/mol. The highest BCUT2D eigenvalue weighted by Gasteiger charge is 2.19. The normalized spacial score (nSPS) is 12.0. The van der Waals surface area contributed by atoms with Gasteiger partial charge >= 0.3 is 0 Å². The SMILES string of the molecule is Cc1cc(Cl)c(Cl)cc1S(=O)(=O)NCCc1c(C)[nH]c2ccc(Br)cc12. The molecular formula is C18H17BrCl2N2O2S. The van der Waals surface area contributed by atoms with Gasteiger partial charge in [-0.2, -0.15) is 0 Å². The first-order valence-electron chi connectivity index (χ1n) is 7.91. The molecule has 0 amide bonds. The third kappa shape index (κ3) is 3.94. The zero-order valence-corrected chi connectivity index (χ0v) is 18.1. The standard InChI is InChI=1S/C18H17BrCl2N2O2S/c1-10-7-15(20)16(21)9-18(10)26(24,25)22-6-5-13-11(2)23-17-4-3-12(19)8-14(13)17/h3-4,7-9,22-23H,5-6H2,1-2H3. The van der Waals surface area contributed by atoms with E-state index in [4.69, 9.17) is 23.2 Å². The fourth-order valence-electron chi connectivity index (χ4n) is 2.98.